The highest BCUT2D eigenvalue weighted by atomic mass is 35.5. The van der Waals surface area contributed by atoms with Crippen molar-refractivity contribution in [2.45, 2.75) is 19.9 Å². The number of hydrogen-bond acceptors (Lipinski definition) is 8. The minimum absolute atomic E-state index is 0.000861. The van der Waals surface area contributed by atoms with Crippen LogP contribution in [0.3, 0.4) is 0 Å². The van der Waals surface area contributed by atoms with Crippen molar-refractivity contribution in [2.75, 3.05) is 7.11 Å². The van der Waals surface area contributed by atoms with Gasteiger partial charge in [0.15, 0.2) is 0 Å². The fourth-order valence-corrected chi connectivity index (χ4v) is 3.63. The summed E-state index contributed by atoms with van der Waals surface area (Å²) < 4.78 is 44.4. The molecule has 4 aromatic rings. The second-order valence-electron chi connectivity index (χ2n) is 7.69. The maximum atomic E-state index is 15.1. The van der Waals surface area contributed by atoms with Crippen LogP contribution in [0.15, 0.2) is 45.4 Å². The number of urea groups is 1. The first-order chi connectivity index (χ1) is 17.7. The molecule has 4 rings (SSSR count). The molecule has 192 valence electrons. The minimum Gasteiger partial charge on any atom is -0.479 e. The molecule has 1 atom stereocenters. The van der Waals surface area contributed by atoms with E-state index in [1.54, 1.807) is 6.92 Å². The van der Waals surface area contributed by atoms with Crippen molar-refractivity contribution < 1.29 is 32.2 Å². The highest BCUT2D eigenvalue weighted by Gasteiger charge is 2.21. The number of nitrogens with zero attached hydrogens (tertiary/aromatic N) is 3. The quantitative estimate of drug-likeness (QED) is 0.311. The van der Waals surface area contributed by atoms with E-state index in [1.165, 1.54) is 44.4 Å². The first-order valence-electron chi connectivity index (χ1n) is 10.6. The number of rotatable bonds is 6. The molecule has 0 saturated carbocycles. The van der Waals surface area contributed by atoms with Crippen molar-refractivity contribution in [1.82, 2.24) is 31.5 Å². The maximum Gasteiger partial charge on any atom is 0.333 e. The summed E-state index contributed by atoms with van der Waals surface area (Å²) in [4.78, 5) is 28.2. The van der Waals surface area contributed by atoms with Gasteiger partial charge in [-0.3, -0.25) is 10.2 Å². The van der Waals surface area contributed by atoms with Crippen LogP contribution in [-0.4, -0.2) is 34.3 Å². The van der Waals surface area contributed by atoms with Gasteiger partial charge >= 0.3 is 11.9 Å². The van der Waals surface area contributed by atoms with Gasteiger partial charge in [-0.05, 0) is 41.4 Å². The fourth-order valence-electron chi connectivity index (χ4n) is 3.42. The van der Waals surface area contributed by atoms with E-state index in [0.717, 1.165) is 6.07 Å². The van der Waals surface area contributed by atoms with Crippen LogP contribution in [0.4, 0.5) is 13.6 Å². The second kappa shape index (κ2) is 10.6. The predicted molar refractivity (Wildman–Crippen MR) is 125 cm³/mol. The van der Waals surface area contributed by atoms with E-state index in [2.05, 4.69) is 31.5 Å². The molecule has 0 radical (unpaired) electrons. The lowest BCUT2D eigenvalue weighted by Crippen LogP contribution is -2.47. The molecule has 2 heterocycles. The van der Waals surface area contributed by atoms with Gasteiger partial charge in [0.25, 0.3) is 5.88 Å². The third kappa shape index (κ3) is 5.67. The highest BCUT2D eigenvalue weighted by molar-refractivity contribution is 6.31. The molecular weight excluding hydrogens is 514 g/mol. The number of amides is 3. The summed E-state index contributed by atoms with van der Waals surface area (Å²) in [7, 11) is 1.35. The van der Waals surface area contributed by atoms with E-state index in [0.29, 0.717) is 5.56 Å². The van der Waals surface area contributed by atoms with Gasteiger partial charge in [-0.1, -0.05) is 28.9 Å². The zero-order chi connectivity index (χ0) is 26.7. The fraction of sp³-hybridized carbons (Fsp3) is 0.174. The molecule has 0 spiro atoms. The molecule has 37 heavy (non-hydrogen) atoms. The van der Waals surface area contributed by atoms with E-state index in [1.807, 2.05) is 0 Å². The number of halogens is 3. The lowest BCUT2D eigenvalue weighted by molar-refractivity contribution is 0.0898. The Morgan fingerprint density at radius 3 is 2.49 bits per heavy atom. The first-order valence-corrected chi connectivity index (χ1v) is 11.0. The normalized spacial score (nSPS) is 11.6. The molecule has 14 heteroatoms. The summed E-state index contributed by atoms with van der Waals surface area (Å²) in [6.07, 6.45) is 0. The number of carbonyl (C=O) groups excluding carboxylic acids is 2. The summed E-state index contributed by atoms with van der Waals surface area (Å²) >= 11 is 6.05. The molecule has 0 bridgehead atoms. The van der Waals surface area contributed by atoms with Gasteiger partial charge in [-0.2, -0.15) is 4.98 Å². The lowest BCUT2D eigenvalue weighted by Gasteiger charge is -2.17. The van der Waals surface area contributed by atoms with Crippen LogP contribution in [0, 0.1) is 18.6 Å². The van der Waals surface area contributed by atoms with Gasteiger partial charge in [-0.15, -0.1) is 0 Å². The Labute approximate surface area is 213 Å². The topological polar surface area (TPSA) is 144 Å². The van der Waals surface area contributed by atoms with E-state index >= 15 is 4.39 Å². The Morgan fingerprint density at radius 2 is 1.84 bits per heavy atom. The van der Waals surface area contributed by atoms with E-state index in [4.69, 9.17) is 25.4 Å². The van der Waals surface area contributed by atoms with Gasteiger partial charge < -0.3 is 19.1 Å². The van der Waals surface area contributed by atoms with Crippen molar-refractivity contribution in [2.24, 2.45) is 0 Å². The Hall–Kier alpha value is -4.52. The zero-order valence-corrected chi connectivity index (χ0v) is 20.3. The van der Waals surface area contributed by atoms with Gasteiger partial charge in [0.1, 0.15) is 11.6 Å². The number of hydrogen-bond donors (Lipinski definition) is 3. The minimum atomic E-state index is -0.817. The molecule has 0 aliphatic carbocycles. The maximum absolute atomic E-state index is 15.1. The SMILES string of the molecule is COc1cc(C(=O)NNC(=O)N[C@H](C)c2ccc(-c3cc(Cl)cc(F)c3-c3noc(C)n3)cc2F)on1. The highest BCUT2D eigenvalue weighted by Crippen LogP contribution is 2.36. The van der Waals surface area contributed by atoms with Crippen LogP contribution < -0.4 is 20.9 Å². The van der Waals surface area contributed by atoms with E-state index in [9.17, 15) is 14.0 Å². The lowest BCUT2D eigenvalue weighted by atomic mass is 9.96. The van der Waals surface area contributed by atoms with Crippen LogP contribution in [0.5, 0.6) is 5.88 Å². The standard InChI is InChI=1S/C23H19ClF2N6O5/c1-10(27-23(34)30-29-22(33)18-9-19(35-3)31-37-18)14-5-4-12(6-16(14)25)15-7-13(24)8-17(26)20(15)21-28-11(2)36-32-21/h4-10H,1-3H3,(H,29,33)(H2,27,30,34)/t10-/m1/s1. The summed E-state index contributed by atoms with van der Waals surface area (Å²) in [5.41, 5.74) is 4.92. The number of carbonyl (C=O) groups is 2. The number of benzene rings is 2. The molecule has 11 nitrogen and oxygen atoms in total. The molecular formula is C23H19ClF2N6O5. The van der Waals surface area contributed by atoms with E-state index < -0.39 is 29.6 Å². The smallest absolute Gasteiger partial charge is 0.333 e. The Bertz CT molecular complexity index is 1470. The largest absolute Gasteiger partial charge is 0.479 e. The van der Waals surface area contributed by atoms with Crippen LogP contribution in [-0.2, 0) is 0 Å². The molecule has 0 unspecified atom stereocenters. The number of methoxy groups -OCH3 is 1. The van der Waals surface area contributed by atoms with Crippen LogP contribution in [0.2, 0.25) is 5.02 Å². The summed E-state index contributed by atoms with van der Waals surface area (Å²) in [5.74, 6) is -2.06. The van der Waals surface area contributed by atoms with Crippen molar-refractivity contribution in [1.29, 1.82) is 0 Å². The number of nitrogens with one attached hydrogen (secondary N) is 3. The molecule has 0 saturated heterocycles. The van der Waals surface area contributed by atoms with Crippen LogP contribution >= 0.6 is 11.6 Å². The molecule has 2 aromatic heterocycles. The van der Waals surface area contributed by atoms with Gasteiger partial charge in [0.2, 0.25) is 17.5 Å². The van der Waals surface area contributed by atoms with Crippen molar-refractivity contribution in [3.05, 3.63) is 70.3 Å². The molecule has 2 aromatic carbocycles. The number of ether oxygens (including phenoxy) is 1. The third-order valence-electron chi connectivity index (χ3n) is 5.14. The molecule has 0 fully saturated rings. The Morgan fingerprint density at radius 1 is 1.05 bits per heavy atom. The van der Waals surface area contributed by atoms with E-state index in [-0.39, 0.29) is 45.1 Å². The number of hydrazine groups is 1. The Kier molecular flexibility index (Phi) is 7.34. The number of aryl methyl sites for hydroxylation is 1. The summed E-state index contributed by atoms with van der Waals surface area (Å²) in [5, 5.41) is 9.81. The molecule has 3 N–H and O–H groups in total. The number of aromatic nitrogens is 3. The average Bonchev–Trinajstić information content (AvgIpc) is 3.51. The molecule has 0 aliphatic heterocycles. The zero-order valence-electron chi connectivity index (χ0n) is 19.6. The average molecular weight is 533 g/mol. The van der Waals surface area contributed by atoms with Gasteiger partial charge in [0.05, 0.1) is 24.8 Å². The monoisotopic (exact) mass is 532 g/mol. The molecule has 0 aliphatic rings. The van der Waals surface area contributed by atoms with Crippen molar-refractivity contribution in [3.8, 4) is 28.4 Å². The van der Waals surface area contributed by atoms with Gasteiger partial charge in [0, 0.05) is 17.5 Å². The van der Waals surface area contributed by atoms with Crippen molar-refractivity contribution in [3.63, 3.8) is 0 Å². The van der Waals surface area contributed by atoms with Gasteiger partial charge in [-0.25, -0.2) is 19.0 Å². The van der Waals surface area contributed by atoms with Crippen molar-refractivity contribution >= 4 is 23.5 Å². The summed E-state index contributed by atoms with van der Waals surface area (Å²) in [6, 6.07) is 6.29. The summed E-state index contributed by atoms with van der Waals surface area (Å²) in [6.45, 7) is 3.09. The molecule has 3 amide bonds. The van der Waals surface area contributed by atoms with Crippen LogP contribution in [0.25, 0.3) is 22.5 Å². The second-order valence-corrected chi connectivity index (χ2v) is 8.13. The van der Waals surface area contributed by atoms with Crippen LogP contribution in [0.1, 0.15) is 35.0 Å². The first kappa shape index (κ1) is 25.6. The predicted octanol–water partition coefficient (Wildman–Crippen LogP) is 4.35. The third-order valence-corrected chi connectivity index (χ3v) is 5.36. The Balaban J connectivity index is 1.48.